The second-order valence-electron chi connectivity index (χ2n) is 5.54. The van der Waals surface area contributed by atoms with Crippen molar-refractivity contribution in [2.24, 2.45) is 5.92 Å². The summed E-state index contributed by atoms with van der Waals surface area (Å²) in [6.45, 7) is 1.83. The monoisotopic (exact) mass is 301 g/mol. The van der Waals surface area contributed by atoms with Gasteiger partial charge in [-0.15, -0.1) is 0 Å². The van der Waals surface area contributed by atoms with Crippen LogP contribution in [0.3, 0.4) is 0 Å². The van der Waals surface area contributed by atoms with Crippen LogP contribution < -0.4 is 5.32 Å². The Balaban J connectivity index is 1.78. The summed E-state index contributed by atoms with van der Waals surface area (Å²) in [5.74, 6) is 1.03. The van der Waals surface area contributed by atoms with Gasteiger partial charge in [0.2, 0.25) is 0 Å². The zero-order chi connectivity index (χ0) is 15.3. The number of rotatable bonds is 8. The number of hydrogen-bond acceptors (Lipinski definition) is 2. The Hall–Kier alpha value is -1.07. The highest BCUT2D eigenvalue weighted by Gasteiger charge is 2.43. The van der Waals surface area contributed by atoms with E-state index in [4.69, 9.17) is 4.74 Å². The summed E-state index contributed by atoms with van der Waals surface area (Å²) in [7, 11) is 0. The fourth-order valence-electron chi connectivity index (χ4n) is 2.87. The third-order valence-electron chi connectivity index (χ3n) is 3.89. The lowest BCUT2D eigenvalue weighted by Gasteiger charge is -2.18. The maximum absolute atomic E-state index is 12.0. The number of hydrogen-bond donors (Lipinski definition) is 1. The number of nitrogens with one attached hydrogen (secondary N) is 1. The van der Waals surface area contributed by atoms with Crippen LogP contribution in [0, 0.1) is 5.92 Å². The van der Waals surface area contributed by atoms with E-state index >= 15 is 0 Å². The molecule has 21 heavy (non-hydrogen) atoms. The van der Waals surface area contributed by atoms with Gasteiger partial charge in [-0.25, -0.2) is 0 Å². The van der Waals surface area contributed by atoms with Crippen molar-refractivity contribution >= 4 is 0 Å². The SMILES string of the molecule is CCNC(CCOCC(F)(F)F)C1CC1c1ccccc1. The van der Waals surface area contributed by atoms with Crippen LogP contribution in [0.25, 0.3) is 0 Å². The highest BCUT2D eigenvalue weighted by Crippen LogP contribution is 2.50. The van der Waals surface area contributed by atoms with E-state index in [2.05, 4.69) is 17.4 Å². The zero-order valence-electron chi connectivity index (χ0n) is 12.2. The minimum absolute atomic E-state index is 0.148. The van der Waals surface area contributed by atoms with Gasteiger partial charge in [-0.3, -0.25) is 0 Å². The maximum Gasteiger partial charge on any atom is 0.411 e. The topological polar surface area (TPSA) is 21.3 Å². The van der Waals surface area contributed by atoms with Gasteiger partial charge >= 0.3 is 6.18 Å². The van der Waals surface area contributed by atoms with Gasteiger partial charge in [0.05, 0.1) is 0 Å². The van der Waals surface area contributed by atoms with Crippen LogP contribution in [0.1, 0.15) is 31.2 Å². The van der Waals surface area contributed by atoms with Crippen LogP contribution in [-0.2, 0) is 4.74 Å². The van der Waals surface area contributed by atoms with Crippen molar-refractivity contribution in [3.63, 3.8) is 0 Å². The van der Waals surface area contributed by atoms with Crippen LogP contribution in [0.5, 0.6) is 0 Å². The molecule has 1 saturated carbocycles. The van der Waals surface area contributed by atoms with Crippen LogP contribution in [-0.4, -0.2) is 32.0 Å². The molecule has 1 fully saturated rings. The molecule has 1 aliphatic rings. The molecule has 0 aliphatic heterocycles. The average molecular weight is 301 g/mol. The van der Waals surface area contributed by atoms with Crippen LogP contribution in [0.4, 0.5) is 13.2 Å². The number of ether oxygens (including phenoxy) is 1. The Morgan fingerprint density at radius 1 is 1.29 bits per heavy atom. The van der Waals surface area contributed by atoms with Gasteiger partial charge < -0.3 is 10.1 Å². The Bertz CT molecular complexity index is 421. The summed E-state index contributed by atoms with van der Waals surface area (Å²) in [6.07, 6.45) is -2.52. The van der Waals surface area contributed by atoms with E-state index in [9.17, 15) is 13.2 Å². The lowest BCUT2D eigenvalue weighted by molar-refractivity contribution is -0.174. The van der Waals surface area contributed by atoms with Crippen molar-refractivity contribution in [2.75, 3.05) is 19.8 Å². The lowest BCUT2D eigenvalue weighted by atomic mass is 10.0. The van der Waals surface area contributed by atoms with Crippen molar-refractivity contribution < 1.29 is 17.9 Å². The van der Waals surface area contributed by atoms with E-state index in [-0.39, 0.29) is 12.6 Å². The van der Waals surface area contributed by atoms with E-state index in [1.165, 1.54) is 5.56 Å². The van der Waals surface area contributed by atoms with Gasteiger partial charge in [-0.05, 0) is 36.8 Å². The maximum atomic E-state index is 12.0. The molecular weight excluding hydrogens is 279 g/mol. The predicted octanol–water partition coefficient (Wildman–Crippen LogP) is 3.74. The molecule has 0 radical (unpaired) electrons. The molecule has 1 aromatic carbocycles. The second-order valence-corrected chi connectivity index (χ2v) is 5.54. The average Bonchev–Trinajstić information content (AvgIpc) is 3.22. The summed E-state index contributed by atoms with van der Waals surface area (Å²) in [5, 5.41) is 3.38. The molecule has 2 rings (SSSR count). The van der Waals surface area contributed by atoms with Crippen LogP contribution >= 0.6 is 0 Å². The molecule has 0 spiro atoms. The second kappa shape index (κ2) is 7.27. The van der Waals surface area contributed by atoms with Crippen molar-refractivity contribution in [3.05, 3.63) is 35.9 Å². The molecule has 0 saturated heterocycles. The standard InChI is InChI=1S/C16H22F3NO/c1-2-20-15(8-9-21-11-16(17,18)19)14-10-13(14)12-6-4-3-5-7-12/h3-7,13-15,20H,2,8-11H2,1H3. The van der Waals surface area contributed by atoms with Gasteiger partial charge in [-0.1, -0.05) is 37.3 Å². The summed E-state index contributed by atoms with van der Waals surface area (Å²) in [4.78, 5) is 0. The molecule has 1 aliphatic carbocycles. The van der Waals surface area contributed by atoms with E-state index < -0.39 is 12.8 Å². The summed E-state index contributed by atoms with van der Waals surface area (Å²) in [6, 6.07) is 10.5. The van der Waals surface area contributed by atoms with Gasteiger partial charge in [-0.2, -0.15) is 13.2 Å². The third kappa shape index (κ3) is 5.32. The summed E-state index contributed by atoms with van der Waals surface area (Å²) >= 11 is 0. The third-order valence-corrected chi connectivity index (χ3v) is 3.89. The molecule has 3 unspecified atom stereocenters. The number of alkyl halides is 3. The first kappa shape index (κ1) is 16.3. The first-order valence-corrected chi connectivity index (χ1v) is 7.44. The van der Waals surface area contributed by atoms with E-state index in [0.717, 1.165) is 13.0 Å². The number of benzene rings is 1. The highest BCUT2D eigenvalue weighted by atomic mass is 19.4. The van der Waals surface area contributed by atoms with Gasteiger partial charge in [0.15, 0.2) is 0 Å². The Kier molecular flexibility index (Phi) is 5.65. The van der Waals surface area contributed by atoms with Crippen molar-refractivity contribution in [2.45, 2.75) is 37.9 Å². The minimum atomic E-state index is -4.24. The molecule has 0 bridgehead atoms. The first-order valence-electron chi connectivity index (χ1n) is 7.44. The van der Waals surface area contributed by atoms with E-state index in [1.807, 2.05) is 25.1 Å². The lowest BCUT2D eigenvalue weighted by Crippen LogP contribution is -2.33. The fourth-order valence-corrected chi connectivity index (χ4v) is 2.87. The van der Waals surface area contributed by atoms with E-state index in [1.54, 1.807) is 0 Å². The predicted molar refractivity (Wildman–Crippen MR) is 76.2 cm³/mol. The van der Waals surface area contributed by atoms with Gasteiger partial charge in [0.1, 0.15) is 6.61 Å². The number of halogens is 3. The van der Waals surface area contributed by atoms with Crippen molar-refractivity contribution in [1.82, 2.24) is 5.32 Å². The first-order chi connectivity index (χ1) is 10.0. The minimum Gasteiger partial charge on any atom is -0.372 e. The van der Waals surface area contributed by atoms with Crippen LogP contribution in [0.2, 0.25) is 0 Å². The molecule has 118 valence electrons. The molecular formula is C16H22F3NO. The Morgan fingerprint density at radius 3 is 2.62 bits per heavy atom. The Morgan fingerprint density at radius 2 is 2.00 bits per heavy atom. The summed E-state index contributed by atoms with van der Waals surface area (Å²) < 4.78 is 40.9. The highest BCUT2D eigenvalue weighted by molar-refractivity contribution is 5.26. The Labute approximate surface area is 123 Å². The molecule has 2 nitrogen and oxygen atoms in total. The molecule has 5 heteroatoms. The largest absolute Gasteiger partial charge is 0.411 e. The van der Waals surface area contributed by atoms with Crippen molar-refractivity contribution in [1.29, 1.82) is 0 Å². The van der Waals surface area contributed by atoms with Crippen LogP contribution in [0.15, 0.2) is 30.3 Å². The zero-order valence-corrected chi connectivity index (χ0v) is 12.2. The van der Waals surface area contributed by atoms with Crippen molar-refractivity contribution in [3.8, 4) is 0 Å². The smallest absolute Gasteiger partial charge is 0.372 e. The van der Waals surface area contributed by atoms with Gasteiger partial charge in [0.25, 0.3) is 0 Å². The molecule has 1 aromatic rings. The molecule has 1 N–H and O–H groups in total. The molecule has 0 heterocycles. The summed E-state index contributed by atoms with van der Waals surface area (Å²) in [5.41, 5.74) is 1.32. The normalized spacial score (nSPS) is 23.0. The molecule has 0 aromatic heterocycles. The molecule has 3 atom stereocenters. The van der Waals surface area contributed by atoms with E-state index in [0.29, 0.717) is 18.3 Å². The fraction of sp³-hybridized carbons (Fsp3) is 0.625. The van der Waals surface area contributed by atoms with Gasteiger partial charge in [0, 0.05) is 12.6 Å². The quantitative estimate of drug-likeness (QED) is 0.739. The molecule has 0 amide bonds.